The number of hydrogen-bond donors (Lipinski definition) is 3. The molecule has 42 valence electrons. The highest BCUT2D eigenvalue weighted by atomic mass is 127. The second-order valence-corrected chi connectivity index (χ2v) is 2.26. The Morgan fingerprint density at radius 1 is 1.86 bits per heavy atom. The average Bonchev–Trinajstić information content (AvgIpc) is 1.61. The predicted octanol–water partition coefficient (Wildman–Crippen LogP) is -0.0970. The Kier molecular flexibility index (Phi) is 4.47. The van der Waals surface area contributed by atoms with Crippen LogP contribution >= 0.6 is 22.6 Å². The van der Waals surface area contributed by atoms with Gasteiger partial charge < -0.3 is 5.32 Å². The molecule has 0 spiro atoms. The van der Waals surface area contributed by atoms with Crippen LogP contribution in [-0.4, -0.2) is 6.67 Å². The van der Waals surface area contributed by atoms with E-state index in [-0.39, 0.29) is 0 Å². The van der Waals surface area contributed by atoms with Crippen LogP contribution in [0.3, 0.4) is 0 Å². The highest BCUT2D eigenvalue weighted by Crippen LogP contribution is 1.91. The maximum absolute atomic E-state index is 4.92. The maximum atomic E-state index is 4.92. The van der Waals surface area contributed by atoms with E-state index in [4.69, 9.17) is 5.84 Å². The van der Waals surface area contributed by atoms with Gasteiger partial charge in [0, 0.05) is 0 Å². The molecule has 4 N–H and O–H groups in total. The summed E-state index contributed by atoms with van der Waals surface area (Å²) in [5, 5.41) is 2.85. The fraction of sp³-hybridized carbons (Fsp3) is 0.333. The lowest BCUT2D eigenvalue weighted by Gasteiger charge is -1.98. The normalized spacial score (nSPS) is 8.29. The fourth-order valence-corrected chi connectivity index (χ4v) is 0.338. The number of hydrazine groups is 1. The van der Waals surface area contributed by atoms with Crippen molar-refractivity contribution >= 4 is 22.6 Å². The first-order valence-electron chi connectivity index (χ1n) is 1.79. The highest BCUT2D eigenvalue weighted by Gasteiger charge is 1.77. The molecule has 4 heteroatoms. The van der Waals surface area contributed by atoms with Crippen LogP contribution in [-0.2, 0) is 0 Å². The molecule has 0 amide bonds. The molecule has 0 aliphatic rings. The summed E-state index contributed by atoms with van der Waals surface area (Å²) in [5.41, 5.74) is 2.42. The molecule has 0 aromatic carbocycles. The summed E-state index contributed by atoms with van der Waals surface area (Å²) in [6.45, 7) is 4.14. The number of halogens is 1. The van der Waals surface area contributed by atoms with Crippen molar-refractivity contribution in [3.8, 4) is 0 Å². The smallest absolute Gasteiger partial charge is 0.0784 e. The summed E-state index contributed by atoms with van der Waals surface area (Å²) in [6, 6.07) is 0. The quantitative estimate of drug-likeness (QED) is 0.202. The van der Waals surface area contributed by atoms with Crippen molar-refractivity contribution in [1.82, 2.24) is 10.7 Å². The van der Waals surface area contributed by atoms with Gasteiger partial charge in [0.15, 0.2) is 0 Å². The molecule has 0 aromatic heterocycles. The molecule has 0 unspecified atom stereocenters. The Bertz CT molecular complexity index is 63.2. The van der Waals surface area contributed by atoms with Crippen LogP contribution in [0, 0.1) is 0 Å². The Hall–Kier alpha value is 0.190. The standard InChI is InChI=1S/C3H8IN3/c1-3(4)6-2-7-5/h6-7H,1-2,5H2. The largest absolute Gasteiger partial charge is 0.367 e. The monoisotopic (exact) mass is 213 g/mol. The lowest BCUT2D eigenvalue weighted by Crippen LogP contribution is -2.31. The molecule has 0 radical (unpaired) electrons. The number of nitrogens with two attached hydrogens (primary N) is 1. The first-order valence-corrected chi connectivity index (χ1v) is 2.87. The third-order valence-corrected chi connectivity index (χ3v) is 0.764. The van der Waals surface area contributed by atoms with Crippen molar-refractivity contribution in [2.24, 2.45) is 5.84 Å². The first-order chi connectivity index (χ1) is 3.27. The van der Waals surface area contributed by atoms with E-state index in [0.29, 0.717) is 6.67 Å². The summed E-state index contributed by atoms with van der Waals surface area (Å²) in [7, 11) is 0. The van der Waals surface area contributed by atoms with Gasteiger partial charge in [0.25, 0.3) is 0 Å². The van der Waals surface area contributed by atoms with E-state index < -0.39 is 0 Å². The molecule has 0 heterocycles. The second kappa shape index (κ2) is 4.35. The minimum Gasteiger partial charge on any atom is -0.367 e. The lowest BCUT2D eigenvalue weighted by atomic mass is 10.9. The highest BCUT2D eigenvalue weighted by molar-refractivity contribution is 14.1. The first kappa shape index (κ1) is 7.19. The molecule has 3 nitrogen and oxygen atoms in total. The Balaban J connectivity index is 2.82. The van der Waals surface area contributed by atoms with E-state index >= 15 is 0 Å². The molecule has 0 aliphatic carbocycles. The summed E-state index contributed by atoms with van der Waals surface area (Å²) in [5.74, 6) is 4.92. The Labute approximate surface area is 56.5 Å². The third-order valence-electron chi connectivity index (χ3n) is 0.382. The van der Waals surface area contributed by atoms with Gasteiger partial charge in [-0.05, 0) is 22.6 Å². The second-order valence-electron chi connectivity index (χ2n) is 0.963. The average molecular weight is 213 g/mol. The Morgan fingerprint density at radius 3 is 2.57 bits per heavy atom. The minimum absolute atomic E-state index is 0.571. The van der Waals surface area contributed by atoms with Crippen molar-refractivity contribution in [2.75, 3.05) is 6.67 Å². The van der Waals surface area contributed by atoms with Gasteiger partial charge in [-0.15, -0.1) is 0 Å². The van der Waals surface area contributed by atoms with Crippen molar-refractivity contribution < 1.29 is 0 Å². The zero-order valence-corrected chi connectivity index (χ0v) is 6.03. The van der Waals surface area contributed by atoms with Crippen LogP contribution < -0.4 is 16.6 Å². The summed E-state index contributed by atoms with van der Waals surface area (Å²) >= 11 is 2.06. The fourth-order valence-electron chi connectivity index (χ4n) is 0.147. The summed E-state index contributed by atoms with van der Waals surface area (Å²) < 4.78 is 0.885. The number of nitrogens with one attached hydrogen (secondary N) is 2. The number of hydrogen-bond acceptors (Lipinski definition) is 3. The van der Waals surface area contributed by atoms with Crippen LogP contribution in [0.5, 0.6) is 0 Å². The molecule has 0 rings (SSSR count). The van der Waals surface area contributed by atoms with Gasteiger partial charge >= 0.3 is 0 Å². The van der Waals surface area contributed by atoms with E-state index in [1.807, 2.05) is 0 Å². The van der Waals surface area contributed by atoms with Gasteiger partial charge in [-0.25, -0.2) is 5.43 Å². The van der Waals surface area contributed by atoms with Gasteiger partial charge in [-0.2, -0.15) is 0 Å². The van der Waals surface area contributed by atoms with E-state index in [0.717, 1.165) is 3.70 Å². The van der Waals surface area contributed by atoms with Gasteiger partial charge in [0.1, 0.15) is 0 Å². The minimum atomic E-state index is 0.571. The van der Waals surface area contributed by atoms with Crippen LogP contribution in [0.15, 0.2) is 10.3 Å². The predicted molar refractivity (Wildman–Crippen MR) is 38.5 cm³/mol. The van der Waals surface area contributed by atoms with Gasteiger partial charge in [-0.3, -0.25) is 5.84 Å². The van der Waals surface area contributed by atoms with Crippen LogP contribution in [0.4, 0.5) is 0 Å². The van der Waals surface area contributed by atoms with Crippen LogP contribution in [0.1, 0.15) is 0 Å². The molecule has 0 aliphatic heterocycles. The summed E-state index contributed by atoms with van der Waals surface area (Å²) in [6.07, 6.45) is 0. The molecule has 0 fully saturated rings. The molecule has 0 saturated heterocycles. The molecule has 0 aromatic rings. The molecular weight excluding hydrogens is 205 g/mol. The molecular formula is C3H8IN3. The Morgan fingerprint density at radius 2 is 2.43 bits per heavy atom. The maximum Gasteiger partial charge on any atom is 0.0784 e. The zero-order valence-electron chi connectivity index (χ0n) is 3.87. The SMILES string of the molecule is C=C(I)NCNN. The lowest BCUT2D eigenvalue weighted by molar-refractivity contribution is 0.683. The van der Waals surface area contributed by atoms with Crippen molar-refractivity contribution in [3.63, 3.8) is 0 Å². The van der Waals surface area contributed by atoms with Gasteiger partial charge in [0.2, 0.25) is 0 Å². The van der Waals surface area contributed by atoms with E-state index in [1.165, 1.54) is 0 Å². The van der Waals surface area contributed by atoms with E-state index in [2.05, 4.69) is 39.9 Å². The molecule has 0 atom stereocenters. The number of rotatable bonds is 3. The van der Waals surface area contributed by atoms with Crippen molar-refractivity contribution in [1.29, 1.82) is 0 Å². The zero-order chi connectivity index (χ0) is 5.70. The van der Waals surface area contributed by atoms with Crippen LogP contribution in [0.2, 0.25) is 0 Å². The molecule has 0 bridgehead atoms. The topological polar surface area (TPSA) is 50.1 Å². The molecule has 0 saturated carbocycles. The van der Waals surface area contributed by atoms with Crippen molar-refractivity contribution in [3.05, 3.63) is 10.3 Å². The van der Waals surface area contributed by atoms with Gasteiger partial charge in [-0.1, -0.05) is 6.58 Å². The van der Waals surface area contributed by atoms with Crippen molar-refractivity contribution in [2.45, 2.75) is 0 Å². The van der Waals surface area contributed by atoms with Gasteiger partial charge in [0.05, 0.1) is 10.4 Å². The van der Waals surface area contributed by atoms with Crippen LogP contribution in [0.25, 0.3) is 0 Å². The third kappa shape index (κ3) is 6.19. The molecule has 7 heavy (non-hydrogen) atoms. The van der Waals surface area contributed by atoms with E-state index in [1.54, 1.807) is 0 Å². The summed E-state index contributed by atoms with van der Waals surface area (Å²) in [4.78, 5) is 0. The van der Waals surface area contributed by atoms with E-state index in [9.17, 15) is 0 Å².